The Balaban J connectivity index is 2.98. The predicted molar refractivity (Wildman–Crippen MR) is 49.9 cm³/mol. The Bertz CT molecular complexity index is 239. The van der Waals surface area contributed by atoms with Crippen molar-refractivity contribution in [1.82, 2.24) is 9.97 Å². The highest BCUT2D eigenvalue weighted by atomic mass is 14.8. The topological polar surface area (TPSA) is 25.8 Å². The predicted octanol–water partition coefficient (Wildman–Crippen LogP) is 2.41. The van der Waals surface area contributed by atoms with Crippen molar-refractivity contribution in [3.05, 3.63) is 24.3 Å². The summed E-state index contributed by atoms with van der Waals surface area (Å²) in [6.07, 6.45) is 5.30. The van der Waals surface area contributed by atoms with Crippen LogP contribution in [0.15, 0.2) is 18.6 Å². The van der Waals surface area contributed by atoms with E-state index >= 15 is 0 Å². The highest BCUT2D eigenvalue weighted by Crippen LogP contribution is 2.28. The lowest BCUT2D eigenvalue weighted by molar-refractivity contribution is 0.361. The SMILES string of the molecule is CC(C)C(C)(C)c1cnccn1. The van der Waals surface area contributed by atoms with E-state index < -0.39 is 0 Å². The fourth-order valence-electron chi connectivity index (χ4n) is 0.928. The van der Waals surface area contributed by atoms with E-state index in [1.54, 1.807) is 12.4 Å². The zero-order valence-corrected chi connectivity index (χ0v) is 8.20. The van der Waals surface area contributed by atoms with Crippen LogP contribution in [-0.2, 0) is 5.41 Å². The number of hydrogen-bond acceptors (Lipinski definition) is 2. The number of nitrogens with zero attached hydrogens (tertiary/aromatic N) is 2. The summed E-state index contributed by atoms with van der Waals surface area (Å²) in [6.45, 7) is 8.80. The molecule has 0 N–H and O–H groups in total. The van der Waals surface area contributed by atoms with Gasteiger partial charge in [0.2, 0.25) is 0 Å². The Morgan fingerprint density at radius 1 is 1.25 bits per heavy atom. The molecule has 0 aliphatic carbocycles. The van der Waals surface area contributed by atoms with E-state index in [1.807, 2.05) is 6.20 Å². The molecule has 0 aromatic carbocycles. The molecule has 66 valence electrons. The van der Waals surface area contributed by atoms with Gasteiger partial charge in [-0.05, 0) is 5.92 Å². The van der Waals surface area contributed by atoms with Crippen LogP contribution in [0, 0.1) is 5.92 Å². The van der Waals surface area contributed by atoms with Crippen LogP contribution in [0.5, 0.6) is 0 Å². The lowest BCUT2D eigenvalue weighted by Gasteiger charge is -2.27. The Hall–Kier alpha value is -0.920. The molecule has 1 aromatic rings. The molecule has 0 amide bonds. The van der Waals surface area contributed by atoms with Crippen LogP contribution in [-0.4, -0.2) is 9.97 Å². The van der Waals surface area contributed by atoms with E-state index in [0.29, 0.717) is 5.92 Å². The molecule has 0 radical (unpaired) electrons. The maximum atomic E-state index is 4.31. The number of hydrogen-bond donors (Lipinski definition) is 0. The molecule has 0 saturated carbocycles. The summed E-state index contributed by atoms with van der Waals surface area (Å²) in [5.41, 5.74) is 1.19. The maximum Gasteiger partial charge on any atom is 0.0645 e. The minimum atomic E-state index is 0.119. The fourth-order valence-corrected chi connectivity index (χ4v) is 0.928. The first-order valence-electron chi connectivity index (χ1n) is 4.31. The van der Waals surface area contributed by atoms with Gasteiger partial charge in [0.1, 0.15) is 0 Å². The Kier molecular flexibility index (Phi) is 2.46. The van der Waals surface area contributed by atoms with Gasteiger partial charge in [-0.3, -0.25) is 9.97 Å². The van der Waals surface area contributed by atoms with Crippen LogP contribution in [0.2, 0.25) is 0 Å². The van der Waals surface area contributed by atoms with Crippen molar-refractivity contribution in [3.8, 4) is 0 Å². The molecular formula is C10H16N2. The largest absolute Gasteiger partial charge is 0.261 e. The number of aromatic nitrogens is 2. The normalized spacial score (nSPS) is 12.1. The van der Waals surface area contributed by atoms with Gasteiger partial charge in [-0.15, -0.1) is 0 Å². The first-order valence-corrected chi connectivity index (χ1v) is 4.31. The molecule has 2 nitrogen and oxygen atoms in total. The lowest BCUT2D eigenvalue weighted by atomic mass is 9.78. The summed E-state index contributed by atoms with van der Waals surface area (Å²) in [4.78, 5) is 8.38. The Morgan fingerprint density at radius 2 is 1.92 bits per heavy atom. The third-order valence-corrected chi connectivity index (χ3v) is 2.67. The second-order valence-electron chi connectivity index (χ2n) is 3.97. The molecule has 12 heavy (non-hydrogen) atoms. The van der Waals surface area contributed by atoms with Crippen molar-refractivity contribution in [2.24, 2.45) is 5.92 Å². The van der Waals surface area contributed by atoms with E-state index in [9.17, 15) is 0 Å². The van der Waals surface area contributed by atoms with Crippen molar-refractivity contribution in [2.75, 3.05) is 0 Å². The van der Waals surface area contributed by atoms with Gasteiger partial charge in [-0.25, -0.2) is 0 Å². The second-order valence-corrected chi connectivity index (χ2v) is 3.97. The van der Waals surface area contributed by atoms with Crippen LogP contribution in [0.3, 0.4) is 0 Å². The highest BCUT2D eigenvalue weighted by molar-refractivity contribution is 5.10. The minimum Gasteiger partial charge on any atom is -0.261 e. The van der Waals surface area contributed by atoms with E-state index in [0.717, 1.165) is 5.69 Å². The molecule has 1 rings (SSSR count). The van der Waals surface area contributed by atoms with E-state index in [4.69, 9.17) is 0 Å². The van der Waals surface area contributed by atoms with Gasteiger partial charge in [0.25, 0.3) is 0 Å². The fraction of sp³-hybridized carbons (Fsp3) is 0.600. The van der Waals surface area contributed by atoms with E-state index in [2.05, 4.69) is 37.7 Å². The van der Waals surface area contributed by atoms with Gasteiger partial charge in [0.15, 0.2) is 0 Å². The van der Waals surface area contributed by atoms with Crippen molar-refractivity contribution in [1.29, 1.82) is 0 Å². The summed E-state index contributed by atoms with van der Waals surface area (Å²) in [5, 5.41) is 0. The third kappa shape index (κ3) is 1.63. The summed E-state index contributed by atoms with van der Waals surface area (Å²) >= 11 is 0. The van der Waals surface area contributed by atoms with Crippen LogP contribution in [0.4, 0.5) is 0 Å². The summed E-state index contributed by atoms with van der Waals surface area (Å²) < 4.78 is 0. The molecule has 0 aliphatic heterocycles. The maximum absolute atomic E-state index is 4.31. The molecule has 1 heterocycles. The van der Waals surface area contributed by atoms with E-state index in [1.165, 1.54) is 0 Å². The third-order valence-electron chi connectivity index (χ3n) is 2.67. The number of rotatable bonds is 2. The minimum absolute atomic E-state index is 0.119. The quantitative estimate of drug-likeness (QED) is 0.670. The monoisotopic (exact) mass is 164 g/mol. The molecule has 0 spiro atoms. The average molecular weight is 164 g/mol. The molecule has 0 atom stereocenters. The van der Waals surface area contributed by atoms with Crippen molar-refractivity contribution < 1.29 is 0 Å². The molecule has 0 aliphatic rings. The van der Waals surface area contributed by atoms with Gasteiger partial charge < -0.3 is 0 Å². The standard InChI is InChI=1S/C10H16N2/c1-8(2)10(3,4)9-7-11-5-6-12-9/h5-8H,1-4H3. The molecule has 0 bridgehead atoms. The highest BCUT2D eigenvalue weighted by Gasteiger charge is 2.25. The average Bonchev–Trinajstić information content (AvgIpc) is 2.06. The molecular weight excluding hydrogens is 148 g/mol. The molecule has 0 fully saturated rings. The van der Waals surface area contributed by atoms with Gasteiger partial charge in [0, 0.05) is 24.0 Å². The lowest BCUT2D eigenvalue weighted by Crippen LogP contribution is -2.25. The van der Waals surface area contributed by atoms with Crippen LogP contribution >= 0.6 is 0 Å². The first kappa shape index (κ1) is 9.17. The van der Waals surface area contributed by atoms with Gasteiger partial charge >= 0.3 is 0 Å². The molecule has 0 unspecified atom stereocenters. The Morgan fingerprint density at radius 3 is 2.33 bits per heavy atom. The van der Waals surface area contributed by atoms with E-state index in [-0.39, 0.29) is 5.41 Å². The zero-order valence-electron chi connectivity index (χ0n) is 8.20. The van der Waals surface area contributed by atoms with Crippen LogP contribution in [0.25, 0.3) is 0 Å². The van der Waals surface area contributed by atoms with Crippen molar-refractivity contribution in [3.63, 3.8) is 0 Å². The zero-order chi connectivity index (χ0) is 9.19. The van der Waals surface area contributed by atoms with Gasteiger partial charge in [0.05, 0.1) is 5.69 Å². The first-order chi connectivity index (χ1) is 5.55. The smallest absolute Gasteiger partial charge is 0.0645 e. The van der Waals surface area contributed by atoms with Crippen molar-refractivity contribution >= 4 is 0 Å². The molecule has 1 aromatic heterocycles. The summed E-state index contributed by atoms with van der Waals surface area (Å²) in [7, 11) is 0. The van der Waals surface area contributed by atoms with Crippen molar-refractivity contribution in [2.45, 2.75) is 33.1 Å². The van der Waals surface area contributed by atoms with Crippen LogP contribution in [0.1, 0.15) is 33.4 Å². The second kappa shape index (κ2) is 3.21. The summed E-state index contributed by atoms with van der Waals surface area (Å²) in [5.74, 6) is 0.578. The summed E-state index contributed by atoms with van der Waals surface area (Å²) in [6, 6.07) is 0. The molecule has 2 heteroatoms. The van der Waals surface area contributed by atoms with Crippen LogP contribution < -0.4 is 0 Å². The van der Waals surface area contributed by atoms with Gasteiger partial charge in [-0.2, -0.15) is 0 Å². The Labute approximate surface area is 74.1 Å². The van der Waals surface area contributed by atoms with Gasteiger partial charge in [-0.1, -0.05) is 27.7 Å². The molecule has 0 saturated heterocycles.